The topological polar surface area (TPSA) is 40.5 Å². The Kier molecular flexibility index (Phi) is 5.82. The Hall–Kier alpha value is -2.03. The zero-order chi connectivity index (χ0) is 15.9. The second-order valence-electron chi connectivity index (χ2n) is 5.72. The van der Waals surface area contributed by atoms with Crippen molar-refractivity contribution < 1.29 is 9.90 Å². The number of nitrogens with zero attached hydrogens (tertiary/aromatic N) is 1. The number of unbranched alkanes of at least 4 members (excludes halogenated alkanes) is 2. The summed E-state index contributed by atoms with van der Waals surface area (Å²) in [7, 11) is 0. The van der Waals surface area contributed by atoms with Gasteiger partial charge in [0.2, 0.25) is 0 Å². The van der Waals surface area contributed by atoms with Crippen molar-refractivity contribution >= 4 is 16.7 Å². The second kappa shape index (κ2) is 7.83. The van der Waals surface area contributed by atoms with Crippen LogP contribution in [-0.4, -0.2) is 29.0 Å². The van der Waals surface area contributed by atoms with Gasteiger partial charge in [-0.1, -0.05) is 51.0 Å². The van der Waals surface area contributed by atoms with Crippen molar-refractivity contribution in [3.05, 3.63) is 42.0 Å². The van der Waals surface area contributed by atoms with Gasteiger partial charge in [-0.05, 0) is 35.7 Å². The molecule has 1 N–H and O–H groups in total. The van der Waals surface area contributed by atoms with Crippen LogP contribution in [0.1, 0.15) is 49.9 Å². The number of carbonyl (C=O) groups excluding carboxylic acids is 1. The second-order valence-corrected chi connectivity index (χ2v) is 5.72. The summed E-state index contributed by atoms with van der Waals surface area (Å²) in [6.45, 7) is 5.75. The Balaban J connectivity index is 2.30. The summed E-state index contributed by atoms with van der Waals surface area (Å²) in [6.07, 6.45) is 4.09. The summed E-state index contributed by atoms with van der Waals surface area (Å²) in [5, 5.41) is 12.2. The van der Waals surface area contributed by atoms with E-state index in [4.69, 9.17) is 0 Å². The number of rotatable bonds is 7. The van der Waals surface area contributed by atoms with Gasteiger partial charge in [-0.3, -0.25) is 4.79 Å². The lowest BCUT2D eigenvalue weighted by atomic mass is 10.0. The fourth-order valence-electron chi connectivity index (χ4n) is 2.58. The van der Waals surface area contributed by atoms with Crippen LogP contribution in [0.4, 0.5) is 0 Å². The van der Waals surface area contributed by atoms with E-state index in [1.807, 2.05) is 29.2 Å². The number of phenols is 1. The minimum atomic E-state index is -0.0647. The maximum Gasteiger partial charge on any atom is 0.257 e. The van der Waals surface area contributed by atoms with E-state index in [2.05, 4.69) is 13.8 Å². The Morgan fingerprint density at radius 3 is 2.09 bits per heavy atom. The number of amides is 1. The largest absolute Gasteiger partial charge is 0.507 e. The summed E-state index contributed by atoms with van der Waals surface area (Å²) < 4.78 is 0. The van der Waals surface area contributed by atoms with Gasteiger partial charge in [0.05, 0.1) is 5.56 Å². The average Bonchev–Trinajstić information content (AvgIpc) is 2.54. The van der Waals surface area contributed by atoms with Gasteiger partial charge in [-0.2, -0.15) is 0 Å². The number of benzene rings is 2. The van der Waals surface area contributed by atoms with Crippen LogP contribution in [0.5, 0.6) is 5.75 Å². The SMILES string of the molecule is CCCCN(CCCC)C(=O)c1cc2ccccc2cc1O. The van der Waals surface area contributed by atoms with E-state index in [9.17, 15) is 9.90 Å². The van der Waals surface area contributed by atoms with Gasteiger partial charge in [-0.25, -0.2) is 0 Å². The molecule has 2 rings (SSSR count). The molecule has 22 heavy (non-hydrogen) atoms. The van der Waals surface area contributed by atoms with Gasteiger partial charge in [0, 0.05) is 13.1 Å². The molecule has 0 unspecified atom stereocenters. The third kappa shape index (κ3) is 3.79. The van der Waals surface area contributed by atoms with E-state index in [1.165, 1.54) is 0 Å². The van der Waals surface area contributed by atoms with E-state index >= 15 is 0 Å². The maximum atomic E-state index is 12.8. The third-order valence-electron chi connectivity index (χ3n) is 3.94. The van der Waals surface area contributed by atoms with Gasteiger partial charge in [0.15, 0.2) is 0 Å². The van der Waals surface area contributed by atoms with Crippen LogP contribution in [0.25, 0.3) is 10.8 Å². The fraction of sp³-hybridized carbons (Fsp3) is 0.421. The highest BCUT2D eigenvalue weighted by atomic mass is 16.3. The summed E-state index contributed by atoms with van der Waals surface area (Å²) >= 11 is 0. The number of hydrogen-bond donors (Lipinski definition) is 1. The molecular weight excluding hydrogens is 274 g/mol. The van der Waals surface area contributed by atoms with Crippen molar-refractivity contribution in [1.82, 2.24) is 4.90 Å². The van der Waals surface area contributed by atoms with Crippen molar-refractivity contribution in [2.45, 2.75) is 39.5 Å². The fourth-order valence-corrected chi connectivity index (χ4v) is 2.58. The minimum Gasteiger partial charge on any atom is -0.507 e. The van der Waals surface area contributed by atoms with E-state index in [-0.39, 0.29) is 11.7 Å². The van der Waals surface area contributed by atoms with Gasteiger partial charge in [-0.15, -0.1) is 0 Å². The predicted octanol–water partition coefficient (Wildman–Crippen LogP) is 4.59. The molecule has 3 heteroatoms. The molecule has 0 aromatic heterocycles. The first-order chi connectivity index (χ1) is 10.7. The molecule has 0 aliphatic rings. The Morgan fingerprint density at radius 2 is 1.55 bits per heavy atom. The number of aromatic hydroxyl groups is 1. The molecule has 0 heterocycles. The zero-order valence-electron chi connectivity index (χ0n) is 13.5. The normalized spacial score (nSPS) is 10.8. The quantitative estimate of drug-likeness (QED) is 0.812. The highest BCUT2D eigenvalue weighted by Gasteiger charge is 2.18. The molecule has 118 valence electrons. The lowest BCUT2D eigenvalue weighted by Crippen LogP contribution is -2.33. The molecule has 3 nitrogen and oxygen atoms in total. The lowest BCUT2D eigenvalue weighted by molar-refractivity contribution is 0.0748. The Morgan fingerprint density at radius 1 is 1.00 bits per heavy atom. The van der Waals surface area contributed by atoms with Crippen LogP contribution in [0.3, 0.4) is 0 Å². The summed E-state index contributed by atoms with van der Waals surface area (Å²) in [4.78, 5) is 14.7. The molecule has 1 amide bonds. The van der Waals surface area contributed by atoms with Crippen molar-refractivity contribution in [3.8, 4) is 5.75 Å². The molecule has 0 fully saturated rings. The smallest absolute Gasteiger partial charge is 0.257 e. The third-order valence-corrected chi connectivity index (χ3v) is 3.94. The molecule has 0 bridgehead atoms. The predicted molar refractivity (Wildman–Crippen MR) is 91.3 cm³/mol. The summed E-state index contributed by atoms with van der Waals surface area (Å²) in [5.74, 6) is 0.00634. The highest BCUT2D eigenvalue weighted by Crippen LogP contribution is 2.26. The van der Waals surface area contributed by atoms with Crippen molar-refractivity contribution in [2.24, 2.45) is 0 Å². The summed E-state index contributed by atoms with van der Waals surface area (Å²) in [6, 6.07) is 11.3. The van der Waals surface area contributed by atoms with Crippen molar-refractivity contribution in [1.29, 1.82) is 0 Å². The van der Waals surface area contributed by atoms with Crippen molar-refractivity contribution in [2.75, 3.05) is 13.1 Å². The van der Waals surface area contributed by atoms with E-state index < -0.39 is 0 Å². The first-order valence-electron chi connectivity index (χ1n) is 8.18. The first-order valence-corrected chi connectivity index (χ1v) is 8.18. The van der Waals surface area contributed by atoms with Crippen LogP contribution < -0.4 is 0 Å². The van der Waals surface area contributed by atoms with Gasteiger partial charge >= 0.3 is 0 Å². The average molecular weight is 299 g/mol. The van der Waals surface area contributed by atoms with E-state index in [1.54, 1.807) is 12.1 Å². The highest BCUT2D eigenvalue weighted by molar-refractivity contribution is 6.01. The lowest BCUT2D eigenvalue weighted by Gasteiger charge is -2.23. The van der Waals surface area contributed by atoms with Crippen LogP contribution in [-0.2, 0) is 0 Å². The molecule has 2 aromatic carbocycles. The minimum absolute atomic E-state index is 0.0647. The van der Waals surface area contributed by atoms with E-state index in [0.29, 0.717) is 5.56 Å². The number of phenolic OH excluding ortho intramolecular Hbond substituents is 1. The number of hydrogen-bond acceptors (Lipinski definition) is 2. The van der Waals surface area contributed by atoms with Gasteiger partial charge in [0.1, 0.15) is 5.75 Å². The molecule has 2 aromatic rings. The molecule has 0 aliphatic heterocycles. The molecule has 0 radical (unpaired) electrons. The Labute approximate surface area is 132 Å². The van der Waals surface area contributed by atoms with Crippen molar-refractivity contribution in [3.63, 3.8) is 0 Å². The molecule has 0 saturated heterocycles. The van der Waals surface area contributed by atoms with Crippen LogP contribution in [0.15, 0.2) is 36.4 Å². The molecule has 0 spiro atoms. The van der Waals surface area contributed by atoms with Gasteiger partial charge in [0.25, 0.3) is 5.91 Å². The van der Waals surface area contributed by atoms with Crippen LogP contribution in [0.2, 0.25) is 0 Å². The van der Waals surface area contributed by atoms with Crippen LogP contribution in [0, 0.1) is 0 Å². The zero-order valence-corrected chi connectivity index (χ0v) is 13.5. The van der Waals surface area contributed by atoms with E-state index in [0.717, 1.165) is 49.5 Å². The van der Waals surface area contributed by atoms with Gasteiger partial charge < -0.3 is 10.0 Å². The number of carbonyl (C=O) groups is 1. The monoisotopic (exact) mass is 299 g/mol. The van der Waals surface area contributed by atoms with Crippen LogP contribution >= 0.6 is 0 Å². The molecule has 0 aliphatic carbocycles. The Bertz CT molecular complexity index is 628. The maximum absolute atomic E-state index is 12.8. The molecule has 0 saturated carbocycles. The molecule has 0 atom stereocenters. The molecular formula is C19H25NO2. The summed E-state index contributed by atoms with van der Waals surface area (Å²) in [5.41, 5.74) is 0.408. The standard InChI is InChI=1S/C19H25NO2/c1-3-5-11-20(12-6-4-2)19(22)17-13-15-9-7-8-10-16(15)14-18(17)21/h7-10,13-14,21H,3-6,11-12H2,1-2H3. The number of fused-ring (bicyclic) bond motifs is 1. The first kappa shape index (κ1) is 16.3.